The van der Waals surface area contributed by atoms with Gasteiger partial charge in [0.25, 0.3) is 0 Å². The van der Waals surface area contributed by atoms with E-state index in [1.165, 1.54) is 17.4 Å². The van der Waals surface area contributed by atoms with Gasteiger partial charge in [0.1, 0.15) is 23.3 Å². The van der Waals surface area contributed by atoms with E-state index in [4.69, 9.17) is 14.0 Å². The number of para-hydroxylation sites is 1. The topological polar surface area (TPSA) is 90.9 Å². The number of aryl methyl sites for hydroxylation is 2. The van der Waals surface area contributed by atoms with Crippen LogP contribution < -0.4 is 9.61 Å². The molecule has 0 saturated heterocycles. The molecule has 3 rings (SSSR count). The number of benzene rings is 2. The number of rotatable bonds is 12. The maximum absolute atomic E-state index is 14.2. The predicted molar refractivity (Wildman–Crippen MR) is 144 cm³/mol. The summed E-state index contributed by atoms with van der Waals surface area (Å²) in [6.07, 6.45) is 2.25. The minimum atomic E-state index is -3.61. The van der Waals surface area contributed by atoms with Crippen molar-refractivity contribution < 1.29 is 28.2 Å². The fraction of sp³-hybridized carbons (Fsp3) is 0.333. The van der Waals surface area contributed by atoms with E-state index in [0.29, 0.717) is 23.7 Å². The first-order valence-corrected chi connectivity index (χ1v) is 14.4. The van der Waals surface area contributed by atoms with Crippen LogP contribution in [0, 0.1) is 13.8 Å². The number of carbonyl (C=O) groups is 2. The van der Waals surface area contributed by atoms with Crippen molar-refractivity contribution in [1.82, 2.24) is 5.09 Å². The van der Waals surface area contributed by atoms with Gasteiger partial charge in [-0.25, -0.2) is 9.88 Å². The molecule has 0 aliphatic rings. The van der Waals surface area contributed by atoms with Crippen LogP contribution in [0.5, 0.6) is 5.75 Å². The second-order valence-electron chi connectivity index (χ2n) is 8.53. The lowest BCUT2D eigenvalue weighted by atomic mass is 10.1. The van der Waals surface area contributed by atoms with E-state index in [2.05, 4.69) is 11.7 Å². The van der Waals surface area contributed by atoms with Crippen molar-refractivity contribution in [2.45, 2.75) is 46.3 Å². The quantitative estimate of drug-likeness (QED) is 0.161. The summed E-state index contributed by atoms with van der Waals surface area (Å²) in [4.78, 5) is 25.1. The molecule has 0 saturated carbocycles. The Morgan fingerprint density at radius 3 is 2.53 bits per heavy atom. The zero-order chi connectivity index (χ0) is 26.3. The van der Waals surface area contributed by atoms with Gasteiger partial charge in [-0.2, -0.15) is 0 Å². The number of thiophene rings is 1. The third kappa shape index (κ3) is 7.06. The fourth-order valence-corrected chi connectivity index (χ4v) is 6.71. The van der Waals surface area contributed by atoms with Gasteiger partial charge in [0.15, 0.2) is 0 Å². The number of fused-ring (bicyclic) bond motifs is 1. The van der Waals surface area contributed by atoms with E-state index >= 15 is 0 Å². The lowest BCUT2D eigenvalue weighted by Crippen LogP contribution is -2.35. The summed E-state index contributed by atoms with van der Waals surface area (Å²) in [5.41, 5.74) is 2.42. The van der Waals surface area contributed by atoms with E-state index < -0.39 is 25.5 Å². The van der Waals surface area contributed by atoms with Gasteiger partial charge in [-0.05, 0) is 67.5 Å². The minimum absolute atomic E-state index is 0.0359. The minimum Gasteiger partial charge on any atom is -0.465 e. The first kappa shape index (κ1) is 27.7. The maximum atomic E-state index is 14.2. The van der Waals surface area contributed by atoms with Gasteiger partial charge < -0.3 is 14.0 Å². The monoisotopic (exact) mass is 529 g/mol. The molecule has 0 aliphatic heterocycles. The van der Waals surface area contributed by atoms with Crippen molar-refractivity contribution in [3.05, 3.63) is 76.7 Å². The normalized spacial score (nSPS) is 13.6. The Bertz CT molecular complexity index is 1280. The third-order valence-electron chi connectivity index (χ3n) is 5.34. The van der Waals surface area contributed by atoms with Gasteiger partial charge in [-0.15, -0.1) is 11.3 Å². The molecule has 0 spiro atoms. The molecular weight excluding hydrogens is 497 g/mol. The van der Waals surface area contributed by atoms with Gasteiger partial charge in [0, 0.05) is 4.70 Å². The van der Waals surface area contributed by atoms with Crippen molar-refractivity contribution in [3.63, 3.8) is 0 Å². The summed E-state index contributed by atoms with van der Waals surface area (Å²) in [7, 11) is -3.61. The third-order valence-corrected chi connectivity index (χ3v) is 8.48. The average Bonchev–Trinajstić information content (AvgIpc) is 3.27. The van der Waals surface area contributed by atoms with Crippen molar-refractivity contribution in [2.24, 2.45) is 0 Å². The van der Waals surface area contributed by atoms with E-state index in [0.717, 1.165) is 26.8 Å². The molecule has 1 N–H and O–H groups in total. The van der Waals surface area contributed by atoms with Gasteiger partial charge in [-0.1, -0.05) is 43.8 Å². The zero-order valence-corrected chi connectivity index (χ0v) is 22.7. The summed E-state index contributed by atoms with van der Waals surface area (Å²) in [5, 5.41) is 3.76. The summed E-state index contributed by atoms with van der Waals surface area (Å²) < 4.78 is 31.6. The van der Waals surface area contributed by atoms with Crippen LogP contribution in [-0.4, -0.2) is 31.2 Å². The Balaban J connectivity index is 1.91. The Morgan fingerprint density at radius 1 is 1.14 bits per heavy atom. The molecule has 2 aromatic carbocycles. The number of ether oxygens (including phenoxy) is 2. The lowest BCUT2D eigenvalue weighted by Gasteiger charge is -2.25. The van der Waals surface area contributed by atoms with Gasteiger partial charge in [-0.3, -0.25) is 9.36 Å². The zero-order valence-electron chi connectivity index (χ0n) is 21.0. The molecule has 1 unspecified atom stereocenters. The standard InChI is InChI=1S/C27H32NO6PS/c1-6-13-32-26(29)20(5)28-35(31,34-25-18(3)9-8-10-19(25)4)17-21-11-12-23-22(15-21)16-24(36-23)27(30)33-14-7-2/h7-12,15-16,20H,2,6,13-14,17H2,1,3-5H3,(H,28,31)/t20-,35?/m0/s1. The van der Waals surface area contributed by atoms with Crippen molar-refractivity contribution in [1.29, 1.82) is 0 Å². The Labute approximate surface area is 216 Å². The Hall–Kier alpha value is -2.93. The molecule has 192 valence electrons. The van der Waals surface area contributed by atoms with Crippen LogP contribution in [0.4, 0.5) is 0 Å². The summed E-state index contributed by atoms with van der Waals surface area (Å²) in [5.74, 6) is -0.382. The smallest absolute Gasteiger partial charge is 0.348 e. The molecule has 0 aliphatic carbocycles. The van der Waals surface area contributed by atoms with Crippen LogP contribution >= 0.6 is 18.9 Å². The van der Waals surface area contributed by atoms with Crippen molar-refractivity contribution >= 4 is 40.9 Å². The first-order valence-electron chi connectivity index (χ1n) is 11.8. The highest BCUT2D eigenvalue weighted by molar-refractivity contribution is 7.56. The largest absolute Gasteiger partial charge is 0.465 e. The van der Waals surface area contributed by atoms with Crippen LogP contribution in [0.1, 0.15) is 46.6 Å². The molecule has 0 amide bonds. The molecule has 1 heterocycles. The fourth-order valence-electron chi connectivity index (χ4n) is 3.61. The van der Waals surface area contributed by atoms with Crippen molar-refractivity contribution in [2.75, 3.05) is 13.2 Å². The molecule has 0 bridgehead atoms. The Morgan fingerprint density at radius 2 is 1.86 bits per heavy atom. The molecule has 9 heteroatoms. The van der Waals surface area contributed by atoms with Crippen molar-refractivity contribution in [3.8, 4) is 5.75 Å². The number of hydrogen-bond acceptors (Lipinski definition) is 7. The number of hydrogen-bond donors (Lipinski definition) is 1. The predicted octanol–water partition coefficient (Wildman–Crippen LogP) is 6.56. The van der Waals surface area contributed by atoms with Crippen LogP contribution in [0.3, 0.4) is 0 Å². The van der Waals surface area contributed by atoms with Gasteiger partial charge in [0.05, 0.1) is 12.8 Å². The molecule has 0 fully saturated rings. The van der Waals surface area contributed by atoms with Crippen LogP contribution in [0.15, 0.2) is 55.1 Å². The number of nitrogens with one attached hydrogen (secondary N) is 1. The molecular formula is C27H32NO6PS. The second kappa shape index (κ2) is 12.3. The van der Waals surface area contributed by atoms with Gasteiger partial charge in [0.2, 0.25) is 0 Å². The molecule has 0 radical (unpaired) electrons. The number of carbonyl (C=O) groups excluding carboxylic acids is 2. The highest BCUT2D eigenvalue weighted by Crippen LogP contribution is 2.49. The van der Waals surface area contributed by atoms with Gasteiger partial charge >= 0.3 is 19.5 Å². The summed E-state index contributed by atoms with van der Waals surface area (Å²) in [6.45, 7) is 11.3. The number of esters is 2. The summed E-state index contributed by atoms with van der Waals surface area (Å²) >= 11 is 1.33. The van der Waals surface area contributed by atoms with Crippen LogP contribution in [-0.2, 0) is 25.0 Å². The van der Waals surface area contributed by atoms with Crippen LogP contribution in [0.2, 0.25) is 0 Å². The first-order chi connectivity index (χ1) is 17.2. The maximum Gasteiger partial charge on any atom is 0.348 e. The van der Waals surface area contributed by atoms with E-state index in [-0.39, 0.29) is 12.8 Å². The van der Waals surface area contributed by atoms with E-state index in [9.17, 15) is 14.2 Å². The molecule has 2 atom stereocenters. The van der Waals surface area contributed by atoms with E-state index in [1.54, 1.807) is 13.0 Å². The molecule has 7 nitrogen and oxygen atoms in total. The molecule has 3 aromatic rings. The molecule has 1 aromatic heterocycles. The highest BCUT2D eigenvalue weighted by atomic mass is 32.1. The van der Waals surface area contributed by atoms with Crippen LogP contribution in [0.25, 0.3) is 10.1 Å². The average molecular weight is 530 g/mol. The molecule has 36 heavy (non-hydrogen) atoms. The lowest BCUT2D eigenvalue weighted by molar-refractivity contribution is -0.145. The van der Waals surface area contributed by atoms with E-state index in [1.807, 2.05) is 57.2 Å². The summed E-state index contributed by atoms with van der Waals surface area (Å²) in [6, 6.07) is 12.2. The second-order valence-corrected chi connectivity index (χ2v) is 11.7. The Kier molecular flexibility index (Phi) is 9.49. The highest BCUT2D eigenvalue weighted by Gasteiger charge is 2.32. The SMILES string of the molecule is C=CCOC(=O)c1cc2cc(CP(=O)(N[C@@H](C)C(=O)OCCC)Oc3c(C)cccc3C)ccc2s1.